The number of halogens is 3. The van der Waals surface area contributed by atoms with Crippen LogP contribution in [-0.4, -0.2) is 91.7 Å². The highest BCUT2D eigenvalue weighted by Gasteiger charge is 2.54. The number of aromatic nitrogens is 5. The zero-order valence-electron chi connectivity index (χ0n) is 31.1. The van der Waals surface area contributed by atoms with Crippen molar-refractivity contribution in [1.29, 1.82) is 0 Å². The van der Waals surface area contributed by atoms with Crippen LogP contribution in [-0.2, 0) is 33.0 Å². The van der Waals surface area contributed by atoms with E-state index in [9.17, 15) is 31.5 Å². The SMILES string of the molecule is Cc1ccc([C@@](C)(c2ccn3c(C(F)(F)F)nnc3c2C)C(C)(C)C(=O)O)nc1CN1CC2(CC2)Oc2nc(OCCN3CCCC3)c(C)cc2S1(=O)=O. The third-order valence-corrected chi connectivity index (χ3v) is 13.4. The highest BCUT2D eigenvalue weighted by molar-refractivity contribution is 7.89. The van der Waals surface area contributed by atoms with Gasteiger partial charge in [-0.2, -0.15) is 22.5 Å². The molecule has 1 saturated heterocycles. The lowest BCUT2D eigenvalue weighted by Gasteiger charge is -2.42. The van der Waals surface area contributed by atoms with Gasteiger partial charge >= 0.3 is 12.1 Å². The smallest absolute Gasteiger partial charge is 0.452 e. The fraction of sp³-hybridized carbons (Fsp3) is 0.541. The van der Waals surface area contributed by atoms with Gasteiger partial charge in [-0.3, -0.25) is 19.1 Å². The molecule has 0 radical (unpaired) electrons. The van der Waals surface area contributed by atoms with Crippen molar-refractivity contribution in [3.8, 4) is 11.8 Å². The third kappa shape index (κ3) is 6.36. The average Bonchev–Trinajstić information content (AvgIpc) is 3.45. The molecular weight excluding hydrogens is 728 g/mol. The summed E-state index contributed by atoms with van der Waals surface area (Å²) in [4.78, 5) is 24.8. The quantitative estimate of drug-likeness (QED) is 0.219. The van der Waals surface area contributed by atoms with Crippen LogP contribution >= 0.6 is 0 Å². The molecule has 290 valence electrons. The fourth-order valence-corrected chi connectivity index (χ4v) is 9.17. The minimum atomic E-state index is -4.76. The van der Waals surface area contributed by atoms with E-state index >= 15 is 0 Å². The van der Waals surface area contributed by atoms with E-state index < -0.39 is 44.4 Å². The topological polar surface area (TPSA) is 152 Å². The number of aryl methyl sites for hydroxylation is 3. The van der Waals surface area contributed by atoms with E-state index in [1.54, 1.807) is 39.8 Å². The number of alkyl halides is 3. The second kappa shape index (κ2) is 13.2. The number of carboxylic acid groups (broad SMARTS) is 1. The van der Waals surface area contributed by atoms with E-state index in [1.165, 1.54) is 36.5 Å². The summed E-state index contributed by atoms with van der Waals surface area (Å²) in [7, 11) is -4.18. The predicted molar refractivity (Wildman–Crippen MR) is 190 cm³/mol. The molecular formula is C37H44F3N7O6S. The molecule has 7 rings (SSSR count). The van der Waals surface area contributed by atoms with E-state index in [0.29, 0.717) is 53.3 Å². The van der Waals surface area contributed by atoms with Crippen molar-refractivity contribution in [2.75, 3.05) is 32.8 Å². The number of nitrogens with zero attached hydrogens (tertiary/aromatic N) is 7. The van der Waals surface area contributed by atoms with Gasteiger partial charge in [0, 0.05) is 18.3 Å². The van der Waals surface area contributed by atoms with Gasteiger partial charge in [0.05, 0.1) is 35.3 Å². The van der Waals surface area contributed by atoms with E-state index in [0.717, 1.165) is 36.9 Å². The van der Waals surface area contributed by atoms with Gasteiger partial charge in [-0.05, 0) is 115 Å². The molecule has 1 aliphatic carbocycles. The molecule has 1 atom stereocenters. The Morgan fingerprint density at radius 2 is 1.72 bits per heavy atom. The van der Waals surface area contributed by atoms with E-state index in [1.807, 2.05) is 0 Å². The normalized spacial score (nSPS) is 19.6. The molecule has 0 amide bonds. The Bertz CT molecular complexity index is 2250. The summed E-state index contributed by atoms with van der Waals surface area (Å²) < 4.78 is 84.6. The molecule has 0 bridgehead atoms. The van der Waals surface area contributed by atoms with Crippen LogP contribution < -0.4 is 9.47 Å². The molecule has 0 aromatic carbocycles. The van der Waals surface area contributed by atoms with Crippen molar-refractivity contribution >= 4 is 21.6 Å². The van der Waals surface area contributed by atoms with E-state index in [4.69, 9.17) is 14.5 Å². The molecule has 0 unspecified atom stereocenters. The monoisotopic (exact) mass is 771 g/mol. The van der Waals surface area contributed by atoms with Crippen LogP contribution in [0.5, 0.6) is 11.8 Å². The Kier molecular flexibility index (Phi) is 9.24. The third-order valence-electron chi connectivity index (χ3n) is 11.6. The summed E-state index contributed by atoms with van der Waals surface area (Å²) in [5, 5.41) is 17.8. The molecule has 1 N–H and O–H groups in total. The van der Waals surface area contributed by atoms with Crippen LogP contribution in [0.15, 0.2) is 35.4 Å². The summed E-state index contributed by atoms with van der Waals surface area (Å²) in [6.45, 7) is 12.9. The van der Waals surface area contributed by atoms with Gasteiger partial charge in [-0.15, -0.1) is 10.2 Å². The molecule has 4 aromatic rings. The van der Waals surface area contributed by atoms with Crippen molar-refractivity contribution in [3.05, 3.63) is 69.9 Å². The van der Waals surface area contributed by atoms with Crippen LogP contribution in [0.1, 0.15) is 85.9 Å². The Hall–Kier alpha value is -4.35. The first kappa shape index (κ1) is 37.9. The number of carboxylic acids is 1. The number of hydrogen-bond donors (Lipinski definition) is 1. The molecule has 2 aliphatic heterocycles. The highest BCUT2D eigenvalue weighted by atomic mass is 32.2. The molecule has 6 heterocycles. The first-order valence-electron chi connectivity index (χ1n) is 18.0. The molecule has 1 saturated carbocycles. The van der Waals surface area contributed by atoms with Gasteiger partial charge in [-0.1, -0.05) is 6.07 Å². The van der Waals surface area contributed by atoms with Crippen molar-refractivity contribution < 1.29 is 41.0 Å². The largest absolute Gasteiger partial charge is 0.481 e. The fourth-order valence-electron chi connectivity index (χ4n) is 7.56. The molecule has 4 aromatic heterocycles. The Morgan fingerprint density at radius 3 is 2.37 bits per heavy atom. The Morgan fingerprint density at radius 1 is 1.02 bits per heavy atom. The van der Waals surface area contributed by atoms with Crippen molar-refractivity contribution in [2.45, 2.75) is 95.9 Å². The highest BCUT2D eigenvalue weighted by Crippen LogP contribution is 2.50. The Balaban J connectivity index is 1.26. The van der Waals surface area contributed by atoms with Crippen LogP contribution in [0, 0.1) is 26.2 Å². The molecule has 3 aliphatic rings. The lowest BCUT2D eigenvalue weighted by atomic mass is 9.60. The number of ether oxygens (including phenoxy) is 2. The molecule has 54 heavy (non-hydrogen) atoms. The standard InChI is InChI=1S/C37H44F3N7O6S/c1-22-9-10-28(35(6,34(4,5)33(48)49)25-11-16-47-29(24(25)3)43-44-32(47)37(38,39)40)41-26(22)20-46-21-36(12-13-36)53-31-27(54(46,50)51)19-23(2)30(42-31)52-18-17-45-14-7-8-15-45/h9-11,16,19H,7-8,12-15,17-18,20-21H2,1-6H3,(H,48,49)/t35-/m1/s1. The number of fused-ring (bicyclic) bond motifs is 2. The van der Waals surface area contributed by atoms with Gasteiger partial charge in [0.25, 0.3) is 0 Å². The van der Waals surface area contributed by atoms with Crippen molar-refractivity contribution in [2.24, 2.45) is 5.41 Å². The second-order valence-corrected chi connectivity index (χ2v) is 17.4. The van der Waals surface area contributed by atoms with E-state index in [2.05, 4.69) is 20.1 Å². The lowest BCUT2D eigenvalue weighted by molar-refractivity contribution is -0.150. The van der Waals surface area contributed by atoms with Crippen molar-refractivity contribution in [1.82, 2.24) is 33.8 Å². The van der Waals surface area contributed by atoms with Gasteiger partial charge < -0.3 is 14.6 Å². The van der Waals surface area contributed by atoms with Gasteiger partial charge in [0.2, 0.25) is 27.6 Å². The summed E-state index contributed by atoms with van der Waals surface area (Å²) >= 11 is 0. The molecule has 2 fully saturated rings. The number of carbonyl (C=O) groups is 1. The minimum Gasteiger partial charge on any atom is -0.481 e. The number of sulfonamides is 1. The van der Waals surface area contributed by atoms with E-state index in [-0.39, 0.29) is 35.2 Å². The van der Waals surface area contributed by atoms with Crippen LogP contribution in [0.4, 0.5) is 13.2 Å². The summed E-state index contributed by atoms with van der Waals surface area (Å²) in [6, 6.07) is 6.40. The Labute approximate surface area is 311 Å². The molecule has 13 nitrogen and oxygen atoms in total. The van der Waals surface area contributed by atoms with Crippen LogP contribution in [0.25, 0.3) is 5.65 Å². The zero-order chi connectivity index (χ0) is 39.0. The maximum Gasteiger partial charge on any atom is 0.452 e. The molecule has 17 heteroatoms. The number of rotatable bonds is 10. The summed E-state index contributed by atoms with van der Waals surface area (Å²) in [6.07, 6.45) is -0.0146. The number of aliphatic carboxylic acids is 1. The number of likely N-dealkylation sites (tertiary alicyclic amines) is 1. The molecule has 1 spiro atoms. The average molecular weight is 772 g/mol. The summed E-state index contributed by atoms with van der Waals surface area (Å²) in [5.41, 5.74) is -1.31. The first-order chi connectivity index (χ1) is 25.3. The number of pyridine rings is 3. The minimum absolute atomic E-state index is 0.000911. The number of hydrogen-bond acceptors (Lipinski definition) is 10. The lowest BCUT2D eigenvalue weighted by Crippen LogP contribution is -2.47. The van der Waals surface area contributed by atoms with Gasteiger partial charge in [0.1, 0.15) is 17.1 Å². The summed E-state index contributed by atoms with van der Waals surface area (Å²) in [5.74, 6) is -2.05. The van der Waals surface area contributed by atoms with Gasteiger partial charge in [0.15, 0.2) is 5.65 Å². The van der Waals surface area contributed by atoms with Crippen LogP contribution in [0.3, 0.4) is 0 Å². The maximum absolute atomic E-state index is 14.5. The van der Waals surface area contributed by atoms with Crippen molar-refractivity contribution in [3.63, 3.8) is 0 Å². The van der Waals surface area contributed by atoms with Crippen LogP contribution in [0.2, 0.25) is 0 Å². The van der Waals surface area contributed by atoms with Gasteiger partial charge in [-0.25, -0.2) is 8.42 Å². The maximum atomic E-state index is 14.5. The zero-order valence-corrected chi connectivity index (χ0v) is 31.9. The predicted octanol–water partition coefficient (Wildman–Crippen LogP) is 5.47. The first-order valence-corrected chi connectivity index (χ1v) is 19.4. The second-order valence-electron chi connectivity index (χ2n) is 15.5.